The van der Waals surface area contributed by atoms with Crippen LogP contribution < -0.4 is 16.0 Å². The minimum absolute atomic E-state index is 0.0955. The average molecular weight is 396 g/mol. The Bertz CT molecular complexity index is 800. The Morgan fingerprint density at radius 2 is 1.72 bits per heavy atom. The summed E-state index contributed by atoms with van der Waals surface area (Å²) < 4.78 is 0. The van der Waals surface area contributed by atoms with Gasteiger partial charge in [0.15, 0.2) is 0 Å². The zero-order valence-corrected chi connectivity index (χ0v) is 17.9. The normalized spacial score (nSPS) is 11.9. The maximum absolute atomic E-state index is 12.4. The Labute approximate surface area is 174 Å². The van der Waals surface area contributed by atoms with Crippen molar-refractivity contribution in [3.05, 3.63) is 65.2 Å². The van der Waals surface area contributed by atoms with Crippen LogP contribution in [-0.4, -0.2) is 24.9 Å². The number of hydrogen-bond acceptors (Lipinski definition) is 3. The molecule has 1 atom stereocenters. The molecule has 2 aromatic carbocycles. The van der Waals surface area contributed by atoms with Crippen LogP contribution in [0.3, 0.4) is 0 Å². The Morgan fingerprint density at radius 3 is 2.34 bits per heavy atom. The summed E-state index contributed by atoms with van der Waals surface area (Å²) in [4.78, 5) is 24.4. The molecular formula is C24H33N3O2. The first-order chi connectivity index (χ1) is 13.9. The van der Waals surface area contributed by atoms with Crippen LogP contribution in [0.25, 0.3) is 0 Å². The number of rotatable bonds is 10. The largest absolute Gasteiger partial charge is 0.352 e. The molecule has 3 N–H and O–H groups in total. The van der Waals surface area contributed by atoms with Gasteiger partial charge in [-0.1, -0.05) is 57.5 Å². The molecule has 0 saturated heterocycles. The zero-order chi connectivity index (χ0) is 21.2. The Balaban J connectivity index is 1.97. The molecular weight excluding hydrogens is 362 g/mol. The molecule has 0 aliphatic carbocycles. The third kappa shape index (κ3) is 7.02. The smallest absolute Gasteiger partial charge is 0.251 e. The summed E-state index contributed by atoms with van der Waals surface area (Å²) >= 11 is 0. The van der Waals surface area contributed by atoms with Gasteiger partial charge in [0.25, 0.3) is 5.91 Å². The minimum atomic E-state index is -0.145. The molecule has 0 saturated carbocycles. The van der Waals surface area contributed by atoms with Crippen molar-refractivity contribution in [2.45, 2.75) is 46.6 Å². The fraction of sp³-hybridized carbons (Fsp3) is 0.417. The molecule has 0 heterocycles. The number of aryl methyl sites for hydroxylation is 1. The standard InChI is InChI=1S/C24H33N3O2/c1-5-8-18-11-13-19(14-12-18)23(17(3)4)26-16-22(28)27-21-10-7-9-20(15-21)24(29)25-6-2/h7,9-15,17,23,26H,5-6,8,16H2,1-4H3,(H,25,29)(H,27,28). The lowest BCUT2D eigenvalue weighted by atomic mass is 9.94. The zero-order valence-electron chi connectivity index (χ0n) is 17.9. The summed E-state index contributed by atoms with van der Waals surface area (Å²) in [6.07, 6.45) is 2.21. The first-order valence-electron chi connectivity index (χ1n) is 10.4. The van der Waals surface area contributed by atoms with Gasteiger partial charge in [-0.2, -0.15) is 0 Å². The van der Waals surface area contributed by atoms with E-state index in [0.29, 0.717) is 23.7 Å². The summed E-state index contributed by atoms with van der Waals surface area (Å²) in [5, 5.41) is 9.00. The van der Waals surface area contributed by atoms with Crippen molar-refractivity contribution in [2.24, 2.45) is 5.92 Å². The van der Waals surface area contributed by atoms with Crippen molar-refractivity contribution in [2.75, 3.05) is 18.4 Å². The lowest BCUT2D eigenvalue weighted by molar-refractivity contribution is -0.115. The van der Waals surface area contributed by atoms with Crippen molar-refractivity contribution < 1.29 is 9.59 Å². The summed E-state index contributed by atoms with van der Waals surface area (Å²) in [6, 6.07) is 15.7. The highest BCUT2D eigenvalue weighted by molar-refractivity contribution is 5.97. The lowest BCUT2D eigenvalue weighted by Crippen LogP contribution is -2.33. The first-order valence-corrected chi connectivity index (χ1v) is 10.4. The van der Waals surface area contributed by atoms with Crippen LogP contribution in [0.1, 0.15) is 61.6 Å². The lowest BCUT2D eigenvalue weighted by Gasteiger charge is -2.23. The first kappa shape index (κ1) is 22.6. The van der Waals surface area contributed by atoms with Gasteiger partial charge in [-0.3, -0.25) is 9.59 Å². The Hall–Kier alpha value is -2.66. The second kappa shape index (κ2) is 11.4. The highest BCUT2D eigenvalue weighted by atomic mass is 16.2. The van der Waals surface area contributed by atoms with Crippen LogP contribution in [-0.2, 0) is 11.2 Å². The van der Waals surface area contributed by atoms with Crippen molar-refractivity contribution in [3.63, 3.8) is 0 Å². The molecule has 0 fully saturated rings. The van der Waals surface area contributed by atoms with E-state index in [1.807, 2.05) is 6.92 Å². The molecule has 2 rings (SSSR count). The molecule has 5 nitrogen and oxygen atoms in total. The van der Waals surface area contributed by atoms with Crippen molar-refractivity contribution in [1.82, 2.24) is 10.6 Å². The van der Waals surface area contributed by atoms with Gasteiger partial charge in [0.2, 0.25) is 5.91 Å². The number of carbonyl (C=O) groups is 2. The topological polar surface area (TPSA) is 70.2 Å². The number of benzene rings is 2. The predicted octanol–water partition coefficient (Wildman–Crippen LogP) is 4.31. The molecule has 0 bridgehead atoms. The van der Waals surface area contributed by atoms with Crippen LogP contribution in [0.4, 0.5) is 5.69 Å². The predicted molar refractivity (Wildman–Crippen MR) is 119 cm³/mol. The van der Waals surface area contributed by atoms with E-state index in [1.54, 1.807) is 24.3 Å². The van der Waals surface area contributed by atoms with E-state index in [4.69, 9.17) is 0 Å². The summed E-state index contributed by atoms with van der Waals surface area (Å²) in [7, 11) is 0. The van der Waals surface area contributed by atoms with Crippen LogP contribution in [0, 0.1) is 5.92 Å². The molecule has 5 heteroatoms. The fourth-order valence-corrected chi connectivity index (χ4v) is 3.33. The van der Waals surface area contributed by atoms with Crippen molar-refractivity contribution in [3.8, 4) is 0 Å². The van der Waals surface area contributed by atoms with Gasteiger partial charge in [0.05, 0.1) is 6.54 Å². The van der Waals surface area contributed by atoms with Crippen molar-refractivity contribution >= 4 is 17.5 Å². The fourth-order valence-electron chi connectivity index (χ4n) is 3.33. The molecule has 1 unspecified atom stereocenters. The summed E-state index contributed by atoms with van der Waals surface area (Å²) in [5.41, 5.74) is 3.67. The van der Waals surface area contributed by atoms with Crippen LogP contribution in [0.15, 0.2) is 48.5 Å². The summed E-state index contributed by atoms with van der Waals surface area (Å²) in [6.45, 7) is 9.10. The van der Waals surface area contributed by atoms with Gasteiger partial charge in [-0.15, -0.1) is 0 Å². The molecule has 0 aliphatic heterocycles. The highest BCUT2D eigenvalue weighted by Gasteiger charge is 2.17. The van der Waals surface area contributed by atoms with E-state index in [2.05, 4.69) is 61.0 Å². The molecule has 0 aliphatic rings. The molecule has 156 valence electrons. The van der Waals surface area contributed by atoms with Gasteiger partial charge in [-0.05, 0) is 48.6 Å². The van der Waals surface area contributed by atoms with E-state index in [-0.39, 0.29) is 24.4 Å². The molecule has 2 aromatic rings. The number of nitrogens with one attached hydrogen (secondary N) is 3. The van der Waals surface area contributed by atoms with Gasteiger partial charge in [0, 0.05) is 23.8 Å². The average Bonchev–Trinajstić information content (AvgIpc) is 2.69. The van der Waals surface area contributed by atoms with Crippen LogP contribution >= 0.6 is 0 Å². The van der Waals surface area contributed by atoms with E-state index in [9.17, 15) is 9.59 Å². The van der Waals surface area contributed by atoms with Gasteiger partial charge in [0.1, 0.15) is 0 Å². The molecule has 0 spiro atoms. The third-order valence-corrected chi connectivity index (χ3v) is 4.77. The number of hydrogen-bond donors (Lipinski definition) is 3. The van der Waals surface area contributed by atoms with E-state index in [1.165, 1.54) is 11.1 Å². The maximum Gasteiger partial charge on any atom is 0.251 e. The SMILES string of the molecule is CCCc1ccc(C(NCC(=O)Nc2cccc(C(=O)NCC)c2)C(C)C)cc1. The Kier molecular flexibility index (Phi) is 8.87. The Morgan fingerprint density at radius 1 is 1.00 bits per heavy atom. The third-order valence-electron chi connectivity index (χ3n) is 4.77. The van der Waals surface area contributed by atoms with Crippen LogP contribution in [0.2, 0.25) is 0 Å². The van der Waals surface area contributed by atoms with Gasteiger partial charge < -0.3 is 16.0 Å². The molecule has 2 amide bonds. The minimum Gasteiger partial charge on any atom is -0.352 e. The maximum atomic E-state index is 12.4. The quantitative estimate of drug-likeness (QED) is 0.561. The molecule has 29 heavy (non-hydrogen) atoms. The monoisotopic (exact) mass is 395 g/mol. The van der Waals surface area contributed by atoms with Gasteiger partial charge in [-0.25, -0.2) is 0 Å². The number of carbonyl (C=O) groups excluding carboxylic acids is 2. The van der Waals surface area contributed by atoms with Gasteiger partial charge >= 0.3 is 0 Å². The molecule has 0 radical (unpaired) electrons. The number of anilines is 1. The second-order valence-corrected chi connectivity index (χ2v) is 7.58. The highest BCUT2D eigenvalue weighted by Crippen LogP contribution is 2.22. The number of amides is 2. The van der Waals surface area contributed by atoms with E-state index >= 15 is 0 Å². The second-order valence-electron chi connectivity index (χ2n) is 7.58. The van der Waals surface area contributed by atoms with E-state index in [0.717, 1.165) is 12.8 Å². The van der Waals surface area contributed by atoms with Crippen LogP contribution in [0.5, 0.6) is 0 Å². The molecule has 0 aromatic heterocycles. The van der Waals surface area contributed by atoms with E-state index < -0.39 is 0 Å². The summed E-state index contributed by atoms with van der Waals surface area (Å²) in [5.74, 6) is 0.0697. The van der Waals surface area contributed by atoms with Crippen molar-refractivity contribution in [1.29, 1.82) is 0 Å².